The lowest BCUT2D eigenvalue weighted by Crippen LogP contribution is -2.38. The first kappa shape index (κ1) is 30.8. The van der Waals surface area contributed by atoms with E-state index in [0.717, 1.165) is 6.07 Å². The van der Waals surface area contributed by atoms with Crippen LogP contribution in [0.3, 0.4) is 0 Å². The number of alkyl halides is 6. The zero-order valence-electron chi connectivity index (χ0n) is 20.8. The monoisotopic (exact) mass is 642 g/mol. The predicted octanol–water partition coefficient (Wildman–Crippen LogP) is 7.00. The highest BCUT2D eigenvalue weighted by atomic mass is 35.5. The number of nitrogens with zero attached hydrogens (tertiary/aromatic N) is 1. The van der Waals surface area contributed by atoms with Gasteiger partial charge in [-0.1, -0.05) is 29.3 Å². The molecule has 1 unspecified atom stereocenters. The summed E-state index contributed by atoms with van der Waals surface area (Å²) < 4.78 is 89.4. The summed E-state index contributed by atoms with van der Waals surface area (Å²) in [7, 11) is 0. The number of hydrogen-bond acceptors (Lipinski definition) is 6. The summed E-state index contributed by atoms with van der Waals surface area (Å²) in [6.45, 7) is 1.76. The van der Waals surface area contributed by atoms with Gasteiger partial charge in [0.15, 0.2) is 17.6 Å². The molecule has 0 fully saturated rings. The Balaban J connectivity index is 1.81. The molecule has 2 aromatic heterocycles. The molecular weight excluding hydrogens is 625 g/mol. The Bertz CT molecular complexity index is 1730. The molecule has 220 valence electrons. The van der Waals surface area contributed by atoms with Crippen LogP contribution in [0.25, 0.3) is 20.7 Å². The van der Waals surface area contributed by atoms with E-state index in [9.17, 15) is 41.0 Å². The second-order valence-corrected chi connectivity index (χ2v) is 10.6. The SMILES string of the molecule is Cc1c(-c2ccc(OC(C)c3ccc(Cl)c(Cl)c3)c(OC(F)(F)F)c2)sc2c1c(=O)[nH]c(=O)n2C[C@@H](O)C(F)(F)F. The molecule has 0 spiro atoms. The van der Waals surface area contributed by atoms with E-state index in [2.05, 4.69) is 4.74 Å². The van der Waals surface area contributed by atoms with Crippen LogP contribution >= 0.6 is 34.5 Å². The Kier molecular flexibility index (Phi) is 8.42. The predicted molar refractivity (Wildman–Crippen MR) is 141 cm³/mol. The fourth-order valence-corrected chi connectivity index (χ4v) is 5.58. The largest absolute Gasteiger partial charge is 0.573 e. The van der Waals surface area contributed by atoms with Crippen molar-refractivity contribution in [3.8, 4) is 21.9 Å². The van der Waals surface area contributed by atoms with E-state index in [1.807, 2.05) is 4.98 Å². The number of ether oxygens (including phenoxy) is 2. The molecule has 4 rings (SSSR count). The van der Waals surface area contributed by atoms with Crippen LogP contribution in [0.4, 0.5) is 26.3 Å². The maximum atomic E-state index is 13.3. The number of halogens is 8. The molecule has 0 bridgehead atoms. The molecule has 0 saturated heterocycles. The first-order valence-electron chi connectivity index (χ1n) is 11.5. The van der Waals surface area contributed by atoms with Crippen LogP contribution in [0.2, 0.25) is 10.0 Å². The third-order valence-electron chi connectivity index (χ3n) is 5.95. The van der Waals surface area contributed by atoms with Gasteiger partial charge in [0.2, 0.25) is 0 Å². The highest BCUT2D eigenvalue weighted by Crippen LogP contribution is 2.42. The van der Waals surface area contributed by atoms with Crippen LogP contribution in [0.1, 0.15) is 24.2 Å². The lowest BCUT2D eigenvalue weighted by atomic mass is 10.1. The van der Waals surface area contributed by atoms with Crippen molar-refractivity contribution in [1.29, 1.82) is 0 Å². The molecule has 0 amide bonds. The number of benzene rings is 2. The molecule has 2 heterocycles. The maximum Gasteiger partial charge on any atom is 0.573 e. The number of nitrogens with one attached hydrogen (secondary N) is 1. The fourth-order valence-electron chi connectivity index (χ4n) is 3.97. The molecule has 2 atom stereocenters. The summed E-state index contributed by atoms with van der Waals surface area (Å²) in [5, 5.41) is 9.83. The van der Waals surface area contributed by atoms with Gasteiger partial charge in [0.1, 0.15) is 10.9 Å². The van der Waals surface area contributed by atoms with Crippen LogP contribution in [0.15, 0.2) is 46.0 Å². The average Bonchev–Trinajstić information content (AvgIpc) is 3.20. The fraction of sp³-hybridized carbons (Fsp3) is 0.280. The van der Waals surface area contributed by atoms with Gasteiger partial charge < -0.3 is 14.6 Å². The molecule has 0 radical (unpaired) electrons. The lowest BCUT2D eigenvalue weighted by Gasteiger charge is -2.20. The van der Waals surface area contributed by atoms with E-state index in [1.165, 1.54) is 31.2 Å². The van der Waals surface area contributed by atoms with Gasteiger partial charge >= 0.3 is 18.2 Å². The Morgan fingerprint density at radius 1 is 1.02 bits per heavy atom. The number of rotatable bonds is 7. The Morgan fingerprint density at radius 3 is 2.32 bits per heavy atom. The summed E-state index contributed by atoms with van der Waals surface area (Å²) in [6, 6.07) is 8.10. The normalized spacial score (nSPS) is 13.8. The molecule has 41 heavy (non-hydrogen) atoms. The quantitative estimate of drug-likeness (QED) is 0.212. The zero-order chi connectivity index (χ0) is 30.4. The molecule has 0 aliphatic rings. The van der Waals surface area contributed by atoms with Crippen molar-refractivity contribution in [1.82, 2.24) is 9.55 Å². The van der Waals surface area contributed by atoms with Crippen LogP contribution in [0, 0.1) is 6.92 Å². The molecule has 4 aromatic rings. The topological polar surface area (TPSA) is 93.5 Å². The maximum absolute atomic E-state index is 13.3. The summed E-state index contributed by atoms with van der Waals surface area (Å²) >= 11 is 12.6. The molecule has 0 saturated carbocycles. The van der Waals surface area contributed by atoms with Crippen molar-refractivity contribution in [2.45, 2.75) is 45.1 Å². The van der Waals surface area contributed by atoms with Gasteiger partial charge in [-0.15, -0.1) is 24.5 Å². The third-order valence-corrected chi connectivity index (χ3v) is 8.05. The molecule has 7 nitrogen and oxygen atoms in total. The highest BCUT2D eigenvalue weighted by Gasteiger charge is 2.39. The number of aromatic amines is 1. The van der Waals surface area contributed by atoms with E-state index >= 15 is 0 Å². The molecule has 0 aliphatic carbocycles. The van der Waals surface area contributed by atoms with Gasteiger partial charge in [-0.05, 0) is 60.9 Å². The molecule has 2 aromatic carbocycles. The van der Waals surface area contributed by atoms with Gasteiger partial charge in [-0.25, -0.2) is 4.79 Å². The second-order valence-electron chi connectivity index (χ2n) is 8.81. The van der Waals surface area contributed by atoms with E-state index in [4.69, 9.17) is 27.9 Å². The van der Waals surface area contributed by atoms with Crippen LogP contribution < -0.4 is 20.7 Å². The second kappa shape index (κ2) is 11.2. The van der Waals surface area contributed by atoms with Crippen molar-refractivity contribution >= 4 is 44.8 Å². The average molecular weight is 643 g/mol. The molecule has 2 N–H and O–H groups in total. The van der Waals surface area contributed by atoms with Gasteiger partial charge in [0.25, 0.3) is 5.56 Å². The Hall–Kier alpha value is -3.20. The summed E-state index contributed by atoms with van der Waals surface area (Å²) in [5.41, 5.74) is -1.34. The van der Waals surface area contributed by atoms with Crippen LogP contribution in [-0.2, 0) is 6.54 Å². The standard InChI is InChI=1S/C25H18Cl2F6N2O5S/c1-10-19-21(37)34-23(38)35(9-18(36)24(28,29)30)22(19)41-20(10)13-4-6-16(17(8-13)40-25(31,32)33)39-11(2)12-3-5-14(26)15(27)7-12/h3-8,11,18,36H,9H2,1-2H3,(H,34,37,38)/t11?,18-/m1/s1. The van der Waals surface area contributed by atoms with Crippen LogP contribution in [0.5, 0.6) is 11.5 Å². The Labute approximate surface area is 240 Å². The number of aromatic nitrogens is 2. The molecule has 16 heteroatoms. The highest BCUT2D eigenvalue weighted by molar-refractivity contribution is 7.22. The number of fused-ring (bicyclic) bond motifs is 1. The van der Waals surface area contributed by atoms with Gasteiger partial charge in [0.05, 0.1) is 22.0 Å². The molecule has 0 aliphatic heterocycles. The number of thiophene rings is 1. The number of H-pyrrole nitrogens is 1. The van der Waals surface area contributed by atoms with Gasteiger partial charge in [-0.2, -0.15) is 13.2 Å². The minimum atomic E-state index is -5.12. The number of hydrogen-bond donors (Lipinski definition) is 2. The summed E-state index contributed by atoms with van der Waals surface area (Å²) in [5.74, 6) is -1.04. The van der Waals surface area contributed by atoms with E-state index in [1.54, 1.807) is 13.0 Å². The van der Waals surface area contributed by atoms with E-state index in [-0.39, 0.29) is 42.0 Å². The van der Waals surface area contributed by atoms with E-state index < -0.39 is 48.3 Å². The van der Waals surface area contributed by atoms with Crippen molar-refractivity contribution in [3.05, 3.63) is 78.4 Å². The first-order chi connectivity index (χ1) is 19.0. The van der Waals surface area contributed by atoms with E-state index in [0.29, 0.717) is 21.5 Å². The minimum absolute atomic E-state index is 0.0901. The van der Waals surface area contributed by atoms with Gasteiger partial charge in [-0.3, -0.25) is 14.3 Å². The van der Waals surface area contributed by atoms with Crippen molar-refractivity contribution in [2.24, 2.45) is 0 Å². The van der Waals surface area contributed by atoms with Gasteiger partial charge in [0, 0.05) is 4.88 Å². The van der Waals surface area contributed by atoms with Crippen LogP contribution in [-0.4, -0.2) is 33.3 Å². The van der Waals surface area contributed by atoms with Crippen molar-refractivity contribution in [2.75, 3.05) is 0 Å². The smallest absolute Gasteiger partial charge is 0.482 e. The third kappa shape index (κ3) is 6.66. The summed E-state index contributed by atoms with van der Waals surface area (Å²) in [4.78, 5) is 26.8. The number of aryl methyl sites for hydroxylation is 1. The molecular formula is C25H18Cl2F6N2O5S. The van der Waals surface area contributed by atoms with Crippen molar-refractivity contribution < 1.29 is 40.9 Å². The minimum Gasteiger partial charge on any atom is -0.482 e. The number of aliphatic hydroxyl groups is 1. The summed E-state index contributed by atoms with van der Waals surface area (Å²) in [6.07, 6.45) is -13.9. The lowest BCUT2D eigenvalue weighted by molar-refractivity contribution is -0.275. The number of aliphatic hydroxyl groups excluding tert-OH is 1. The Morgan fingerprint density at radius 2 is 1.71 bits per heavy atom. The van der Waals surface area contributed by atoms with Crippen molar-refractivity contribution in [3.63, 3.8) is 0 Å². The zero-order valence-corrected chi connectivity index (χ0v) is 23.1. The first-order valence-corrected chi connectivity index (χ1v) is 13.1.